The Labute approximate surface area is 169 Å². The van der Waals surface area contributed by atoms with Gasteiger partial charge in [0.25, 0.3) is 5.91 Å². The average molecular weight is 394 g/mol. The number of carbonyl (C=O) groups is 2. The third-order valence-corrected chi connectivity index (χ3v) is 4.80. The number of para-hydroxylation sites is 1. The molecule has 3 aromatic rings. The molecule has 0 saturated heterocycles. The zero-order chi connectivity index (χ0) is 21.1. The van der Waals surface area contributed by atoms with Crippen molar-refractivity contribution in [1.82, 2.24) is 24.9 Å². The first-order valence-corrected chi connectivity index (χ1v) is 9.51. The molecule has 0 radical (unpaired) electrons. The van der Waals surface area contributed by atoms with Gasteiger partial charge in [0.05, 0.1) is 11.4 Å². The molecule has 0 bridgehead atoms. The third kappa shape index (κ3) is 4.37. The Bertz CT molecular complexity index is 1030. The number of amides is 2. The molecule has 0 aliphatic heterocycles. The molecule has 2 amide bonds. The second-order valence-electron chi connectivity index (χ2n) is 7.26. The lowest BCUT2D eigenvalue weighted by Crippen LogP contribution is -2.24. The van der Waals surface area contributed by atoms with Gasteiger partial charge >= 0.3 is 0 Å². The highest BCUT2D eigenvalue weighted by Gasteiger charge is 2.19. The number of anilines is 1. The summed E-state index contributed by atoms with van der Waals surface area (Å²) in [5, 5.41) is 14.5. The summed E-state index contributed by atoms with van der Waals surface area (Å²) in [4.78, 5) is 24.9. The fraction of sp³-hybridized carbons (Fsp3) is 0.333. The van der Waals surface area contributed by atoms with Crippen molar-refractivity contribution in [3.63, 3.8) is 0 Å². The zero-order valence-electron chi connectivity index (χ0n) is 17.4. The van der Waals surface area contributed by atoms with Crippen LogP contribution in [0, 0.1) is 19.8 Å². The lowest BCUT2D eigenvalue weighted by atomic mass is 10.2. The molecule has 0 atom stereocenters. The van der Waals surface area contributed by atoms with Gasteiger partial charge in [0, 0.05) is 36.8 Å². The molecule has 1 aromatic carbocycles. The lowest BCUT2D eigenvalue weighted by molar-refractivity contribution is -0.118. The summed E-state index contributed by atoms with van der Waals surface area (Å²) in [5.74, 6) is -0.199. The van der Waals surface area contributed by atoms with E-state index in [2.05, 4.69) is 20.8 Å². The van der Waals surface area contributed by atoms with Gasteiger partial charge < -0.3 is 10.6 Å². The maximum atomic E-state index is 12.7. The van der Waals surface area contributed by atoms with Crippen molar-refractivity contribution in [1.29, 1.82) is 0 Å². The van der Waals surface area contributed by atoms with Crippen LogP contribution >= 0.6 is 0 Å². The van der Waals surface area contributed by atoms with E-state index in [1.807, 2.05) is 65.1 Å². The van der Waals surface area contributed by atoms with E-state index in [-0.39, 0.29) is 23.4 Å². The van der Waals surface area contributed by atoms with Crippen LogP contribution in [0.2, 0.25) is 0 Å². The molecule has 2 aromatic heterocycles. The highest BCUT2D eigenvalue weighted by Crippen LogP contribution is 2.19. The summed E-state index contributed by atoms with van der Waals surface area (Å²) in [5.41, 5.74) is 3.85. The molecule has 3 rings (SSSR count). The Morgan fingerprint density at radius 1 is 1.10 bits per heavy atom. The van der Waals surface area contributed by atoms with Crippen molar-refractivity contribution in [2.24, 2.45) is 13.0 Å². The number of carbonyl (C=O) groups excluding carboxylic acids is 2. The first kappa shape index (κ1) is 20.3. The van der Waals surface area contributed by atoms with Crippen LogP contribution in [0.3, 0.4) is 0 Å². The van der Waals surface area contributed by atoms with Crippen LogP contribution in [0.25, 0.3) is 5.69 Å². The van der Waals surface area contributed by atoms with E-state index in [1.165, 1.54) is 0 Å². The van der Waals surface area contributed by atoms with Crippen molar-refractivity contribution >= 4 is 17.6 Å². The highest BCUT2D eigenvalue weighted by molar-refractivity contribution is 5.96. The highest BCUT2D eigenvalue weighted by atomic mass is 16.2. The maximum Gasteiger partial charge on any atom is 0.272 e. The molecule has 2 N–H and O–H groups in total. The number of aryl methyl sites for hydroxylation is 2. The number of benzene rings is 1. The maximum absolute atomic E-state index is 12.7. The van der Waals surface area contributed by atoms with Crippen LogP contribution < -0.4 is 10.6 Å². The Balaban J connectivity index is 1.85. The lowest BCUT2D eigenvalue weighted by Gasteiger charge is -2.10. The number of nitrogens with one attached hydrogen (secondary N) is 2. The zero-order valence-corrected chi connectivity index (χ0v) is 17.4. The quantitative estimate of drug-likeness (QED) is 0.672. The Morgan fingerprint density at radius 3 is 2.38 bits per heavy atom. The molecule has 0 saturated carbocycles. The predicted molar refractivity (Wildman–Crippen MR) is 111 cm³/mol. The number of aromatic nitrogens is 4. The van der Waals surface area contributed by atoms with Crippen molar-refractivity contribution in [2.45, 2.75) is 34.2 Å². The fourth-order valence-electron chi connectivity index (χ4n) is 2.95. The SMILES string of the molecule is Cc1nn(C)c(C)c1CNC(=O)c1cc(NC(=O)C(C)C)n(-c2ccccc2)n1. The van der Waals surface area contributed by atoms with Crippen LogP contribution in [0.1, 0.15) is 41.3 Å². The third-order valence-electron chi connectivity index (χ3n) is 4.80. The molecule has 29 heavy (non-hydrogen) atoms. The number of nitrogens with zero attached hydrogens (tertiary/aromatic N) is 4. The summed E-state index contributed by atoms with van der Waals surface area (Å²) in [6.07, 6.45) is 0. The molecule has 0 spiro atoms. The second kappa shape index (κ2) is 8.30. The van der Waals surface area contributed by atoms with E-state index in [4.69, 9.17) is 0 Å². The normalized spacial score (nSPS) is 11.0. The van der Waals surface area contributed by atoms with E-state index in [0.717, 1.165) is 22.6 Å². The van der Waals surface area contributed by atoms with E-state index in [0.29, 0.717) is 12.4 Å². The van der Waals surface area contributed by atoms with Crippen molar-refractivity contribution in [3.05, 3.63) is 59.0 Å². The average Bonchev–Trinajstić information content (AvgIpc) is 3.21. The summed E-state index contributed by atoms with van der Waals surface area (Å²) < 4.78 is 3.36. The number of hydrogen-bond donors (Lipinski definition) is 2. The minimum Gasteiger partial charge on any atom is -0.346 e. The summed E-state index contributed by atoms with van der Waals surface area (Å²) in [6.45, 7) is 7.86. The smallest absolute Gasteiger partial charge is 0.272 e. The molecule has 0 unspecified atom stereocenters. The second-order valence-corrected chi connectivity index (χ2v) is 7.26. The van der Waals surface area contributed by atoms with Gasteiger partial charge in [0.1, 0.15) is 5.82 Å². The molecule has 0 aliphatic rings. The Morgan fingerprint density at radius 2 is 1.79 bits per heavy atom. The van der Waals surface area contributed by atoms with E-state index >= 15 is 0 Å². The van der Waals surface area contributed by atoms with Crippen LogP contribution in [-0.4, -0.2) is 31.4 Å². The monoisotopic (exact) mass is 394 g/mol. The fourth-order valence-corrected chi connectivity index (χ4v) is 2.95. The standard InChI is InChI=1S/C21H26N6O2/c1-13(2)20(28)23-19-11-18(25-27(19)16-9-7-6-8-10-16)21(29)22-12-17-14(3)24-26(5)15(17)4/h6-11,13H,12H2,1-5H3,(H,22,29)(H,23,28). The number of rotatable bonds is 6. The van der Waals surface area contributed by atoms with Crippen molar-refractivity contribution in [3.8, 4) is 5.69 Å². The van der Waals surface area contributed by atoms with Crippen molar-refractivity contribution < 1.29 is 9.59 Å². The van der Waals surface area contributed by atoms with Crippen molar-refractivity contribution in [2.75, 3.05) is 5.32 Å². The van der Waals surface area contributed by atoms with Crippen LogP contribution in [0.15, 0.2) is 36.4 Å². The van der Waals surface area contributed by atoms with Crippen LogP contribution in [0.4, 0.5) is 5.82 Å². The molecule has 152 valence electrons. The number of hydrogen-bond acceptors (Lipinski definition) is 4. The van der Waals surface area contributed by atoms with Crippen LogP contribution in [-0.2, 0) is 18.4 Å². The van der Waals surface area contributed by atoms with E-state index < -0.39 is 0 Å². The van der Waals surface area contributed by atoms with E-state index in [9.17, 15) is 9.59 Å². The molecule has 8 nitrogen and oxygen atoms in total. The molecule has 0 aliphatic carbocycles. The van der Waals surface area contributed by atoms with Gasteiger partial charge in [-0.15, -0.1) is 0 Å². The first-order chi connectivity index (χ1) is 13.8. The summed E-state index contributed by atoms with van der Waals surface area (Å²) in [7, 11) is 1.87. The van der Waals surface area contributed by atoms with Crippen LogP contribution in [0.5, 0.6) is 0 Å². The molecule has 8 heteroatoms. The molecule has 2 heterocycles. The molecule has 0 fully saturated rings. The molecular formula is C21H26N6O2. The Hall–Kier alpha value is -3.42. The van der Waals surface area contributed by atoms with Gasteiger partial charge in [-0.05, 0) is 26.0 Å². The van der Waals surface area contributed by atoms with Gasteiger partial charge in [-0.2, -0.15) is 10.2 Å². The predicted octanol–water partition coefficient (Wildman–Crippen LogP) is 2.75. The minimum atomic E-state index is -0.317. The topological polar surface area (TPSA) is 93.8 Å². The van der Waals surface area contributed by atoms with Gasteiger partial charge in [0.15, 0.2) is 5.69 Å². The minimum absolute atomic E-state index is 0.143. The van der Waals surface area contributed by atoms with Gasteiger partial charge in [-0.25, -0.2) is 4.68 Å². The summed E-state index contributed by atoms with van der Waals surface area (Å²) in [6, 6.07) is 11.0. The summed E-state index contributed by atoms with van der Waals surface area (Å²) >= 11 is 0. The van der Waals surface area contributed by atoms with E-state index in [1.54, 1.807) is 15.4 Å². The molecular weight excluding hydrogens is 368 g/mol. The Kier molecular flexibility index (Phi) is 5.81. The van der Waals surface area contributed by atoms with Gasteiger partial charge in [0.2, 0.25) is 5.91 Å². The van der Waals surface area contributed by atoms with Gasteiger partial charge in [-0.3, -0.25) is 14.3 Å². The van der Waals surface area contributed by atoms with Gasteiger partial charge in [-0.1, -0.05) is 32.0 Å². The largest absolute Gasteiger partial charge is 0.346 e. The first-order valence-electron chi connectivity index (χ1n) is 9.51.